The van der Waals surface area contributed by atoms with E-state index in [4.69, 9.17) is 11.6 Å². The van der Waals surface area contributed by atoms with Crippen molar-refractivity contribution >= 4 is 45.0 Å². The highest BCUT2D eigenvalue weighted by Crippen LogP contribution is 2.28. The molecule has 0 aliphatic carbocycles. The molecule has 0 radical (unpaired) electrons. The maximum atomic E-state index is 6.27. The first-order valence-corrected chi connectivity index (χ1v) is 8.22. The number of fused-ring (bicyclic) bond motifs is 1. The molecule has 3 rings (SSSR count). The summed E-state index contributed by atoms with van der Waals surface area (Å²) in [5, 5.41) is 2.66. The van der Waals surface area contributed by atoms with Crippen LogP contribution < -0.4 is 0 Å². The molecule has 3 aromatic rings. The van der Waals surface area contributed by atoms with Crippen LogP contribution >= 0.6 is 34.2 Å². The Morgan fingerprint density at radius 3 is 2.76 bits per heavy atom. The van der Waals surface area contributed by atoms with E-state index < -0.39 is 0 Å². The molecule has 0 aliphatic heterocycles. The first kappa shape index (κ1) is 14.7. The zero-order valence-corrected chi connectivity index (χ0v) is 14.4. The van der Waals surface area contributed by atoms with Crippen molar-refractivity contribution in [2.75, 3.05) is 0 Å². The lowest BCUT2D eigenvalue weighted by Gasteiger charge is -2.09. The predicted octanol–water partition coefficient (Wildman–Crippen LogP) is 4.90. The van der Waals surface area contributed by atoms with Crippen molar-refractivity contribution in [3.05, 3.63) is 50.9 Å². The lowest BCUT2D eigenvalue weighted by Crippen LogP contribution is -2.02. The molecule has 2 heterocycles. The molecule has 3 nitrogen and oxygen atoms in total. The third-order valence-corrected chi connectivity index (χ3v) is 4.98. The van der Waals surface area contributed by atoms with Gasteiger partial charge in [0.15, 0.2) is 5.82 Å². The smallest absolute Gasteiger partial charge is 0.180 e. The van der Waals surface area contributed by atoms with Gasteiger partial charge in [0.05, 0.1) is 9.26 Å². The molecule has 21 heavy (non-hydrogen) atoms. The van der Waals surface area contributed by atoms with Crippen LogP contribution in [-0.2, 0) is 6.42 Å². The fraction of sp³-hybridized carbons (Fsp3) is 0.188. The quantitative estimate of drug-likeness (QED) is 0.456. The molecule has 2 aromatic heterocycles. The number of halogens is 2. The van der Waals surface area contributed by atoms with Gasteiger partial charge in [-0.2, -0.15) is 0 Å². The zero-order valence-electron chi connectivity index (χ0n) is 11.5. The summed E-state index contributed by atoms with van der Waals surface area (Å²) in [7, 11) is 0. The molecule has 0 atom stereocenters. The third-order valence-electron chi connectivity index (χ3n) is 3.25. The maximum absolute atomic E-state index is 6.27. The number of benzene rings is 1. The molecule has 0 unspecified atom stereocenters. The van der Waals surface area contributed by atoms with Gasteiger partial charge >= 0.3 is 0 Å². The van der Waals surface area contributed by atoms with Crippen molar-refractivity contribution in [3.63, 3.8) is 0 Å². The van der Waals surface area contributed by atoms with Gasteiger partial charge in [0.25, 0.3) is 0 Å². The second-order valence-corrected chi connectivity index (χ2v) is 6.17. The SMILES string of the molecule is CCCc1nc(-c2nccc3ccccc23)nc(Cl)c1I. The van der Waals surface area contributed by atoms with Gasteiger partial charge < -0.3 is 0 Å². The van der Waals surface area contributed by atoms with Crippen LogP contribution in [0.2, 0.25) is 5.15 Å². The topological polar surface area (TPSA) is 38.7 Å². The number of aromatic nitrogens is 3. The molecule has 5 heteroatoms. The van der Waals surface area contributed by atoms with E-state index in [9.17, 15) is 0 Å². The van der Waals surface area contributed by atoms with Gasteiger partial charge in [-0.1, -0.05) is 49.2 Å². The molecular weight excluding hydrogens is 397 g/mol. The number of nitrogens with zero attached hydrogens (tertiary/aromatic N) is 3. The van der Waals surface area contributed by atoms with Crippen LogP contribution in [0.1, 0.15) is 19.0 Å². The summed E-state index contributed by atoms with van der Waals surface area (Å²) >= 11 is 8.47. The fourth-order valence-electron chi connectivity index (χ4n) is 2.27. The van der Waals surface area contributed by atoms with Gasteiger partial charge in [-0.05, 0) is 40.5 Å². The van der Waals surface area contributed by atoms with Gasteiger partial charge in [0, 0.05) is 11.6 Å². The van der Waals surface area contributed by atoms with Gasteiger partial charge in [-0.25, -0.2) is 9.97 Å². The van der Waals surface area contributed by atoms with Crippen molar-refractivity contribution in [1.82, 2.24) is 15.0 Å². The number of hydrogen-bond donors (Lipinski definition) is 0. The van der Waals surface area contributed by atoms with Crippen molar-refractivity contribution in [2.45, 2.75) is 19.8 Å². The molecule has 106 valence electrons. The average Bonchev–Trinajstić information content (AvgIpc) is 2.51. The first-order valence-electron chi connectivity index (χ1n) is 6.76. The summed E-state index contributed by atoms with van der Waals surface area (Å²) < 4.78 is 0.931. The van der Waals surface area contributed by atoms with E-state index in [1.165, 1.54) is 0 Å². The van der Waals surface area contributed by atoms with Crippen LogP contribution in [0.3, 0.4) is 0 Å². The van der Waals surface area contributed by atoms with Crippen LogP contribution in [0, 0.1) is 3.57 Å². The fourth-order valence-corrected chi connectivity index (χ4v) is 2.97. The summed E-state index contributed by atoms with van der Waals surface area (Å²) in [5.41, 5.74) is 1.77. The second kappa shape index (κ2) is 6.23. The van der Waals surface area contributed by atoms with E-state index in [2.05, 4.69) is 50.5 Å². The lowest BCUT2D eigenvalue weighted by molar-refractivity contribution is 0.866. The third kappa shape index (κ3) is 2.87. The largest absolute Gasteiger partial charge is 0.252 e. The summed E-state index contributed by atoms with van der Waals surface area (Å²) in [6, 6.07) is 10.1. The molecular formula is C16H13ClIN3. The molecule has 1 aromatic carbocycles. The van der Waals surface area contributed by atoms with E-state index in [1.807, 2.05) is 24.3 Å². The average molecular weight is 410 g/mol. The highest BCUT2D eigenvalue weighted by Gasteiger charge is 2.14. The summed E-state index contributed by atoms with van der Waals surface area (Å²) in [4.78, 5) is 13.6. The normalized spacial score (nSPS) is 11.0. The molecule has 0 amide bonds. The van der Waals surface area contributed by atoms with Crippen molar-refractivity contribution in [1.29, 1.82) is 0 Å². The zero-order chi connectivity index (χ0) is 14.8. The van der Waals surface area contributed by atoms with Crippen molar-refractivity contribution < 1.29 is 0 Å². The lowest BCUT2D eigenvalue weighted by atomic mass is 10.1. The van der Waals surface area contributed by atoms with Crippen LogP contribution in [0.15, 0.2) is 36.5 Å². The van der Waals surface area contributed by atoms with E-state index in [-0.39, 0.29) is 0 Å². The number of pyridine rings is 1. The minimum atomic E-state index is 0.499. The monoisotopic (exact) mass is 409 g/mol. The summed E-state index contributed by atoms with van der Waals surface area (Å²) in [5.74, 6) is 0.598. The van der Waals surface area contributed by atoms with Gasteiger partial charge in [-0.15, -0.1) is 0 Å². The predicted molar refractivity (Wildman–Crippen MR) is 94.5 cm³/mol. The number of aryl methyl sites for hydroxylation is 1. The van der Waals surface area contributed by atoms with E-state index >= 15 is 0 Å². The Morgan fingerprint density at radius 2 is 1.95 bits per heavy atom. The van der Waals surface area contributed by atoms with Crippen LogP contribution in [0.25, 0.3) is 22.3 Å². The number of hydrogen-bond acceptors (Lipinski definition) is 3. The molecule has 0 N–H and O–H groups in total. The van der Waals surface area contributed by atoms with Crippen LogP contribution in [0.5, 0.6) is 0 Å². The Balaban J connectivity index is 2.23. The molecule has 0 spiro atoms. The standard InChI is InChI=1S/C16H13ClIN3/c1-2-5-12-13(18)15(17)21-16(20-12)14-11-7-4-3-6-10(11)8-9-19-14/h3-4,6-9H,2,5H2,1H3. The molecule has 0 saturated heterocycles. The van der Waals surface area contributed by atoms with E-state index in [0.717, 1.165) is 38.6 Å². The molecule has 0 saturated carbocycles. The highest BCUT2D eigenvalue weighted by atomic mass is 127. The Bertz CT molecular complexity index is 799. The number of rotatable bonds is 3. The van der Waals surface area contributed by atoms with Gasteiger partial charge in [0.1, 0.15) is 10.8 Å². The second-order valence-electron chi connectivity index (χ2n) is 4.73. The minimum Gasteiger partial charge on any atom is -0.252 e. The van der Waals surface area contributed by atoms with Crippen molar-refractivity contribution in [3.8, 4) is 11.5 Å². The van der Waals surface area contributed by atoms with E-state index in [1.54, 1.807) is 6.20 Å². The van der Waals surface area contributed by atoms with E-state index in [0.29, 0.717) is 11.0 Å². The van der Waals surface area contributed by atoms with Crippen molar-refractivity contribution in [2.24, 2.45) is 0 Å². The van der Waals surface area contributed by atoms with Gasteiger partial charge in [-0.3, -0.25) is 4.98 Å². The minimum absolute atomic E-state index is 0.499. The Hall–Kier alpha value is -1.27. The molecule has 0 fully saturated rings. The Kier molecular flexibility index (Phi) is 4.35. The molecule has 0 aliphatic rings. The maximum Gasteiger partial charge on any atom is 0.180 e. The highest BCUT2D eigenvalue weighted by molar-refractivity contribution is 14.1. The molecule has 0 bridgehead atoms. The summed E-state index contributed by atoms with van der Waals surface area (Å²) in [6.45, 7) is 2.13. The Labute approximate surface area is 141 Å². The summed E-state index contributed by atoms with van der Waals surface area (Å²) in [6.07, 6.45) is 3.69. The Morgan fingerprint density at radius 1 is 1.14 bits per heavy atom. The van der Waals surface area contributed by atoms with Crippen LogP contribution in [-0.4, -0.2) is 15.0 Å². The van der Waals surface area contributed by atoms with Crippen LogP contribution in [0.4, 0.5) is 0 Å². The van der Waals surface area contributed by atoms with Gasteiger partial charge in [0.2, 0.25) is 0 Å². The first-order chi connectivity index (χ1) is 10.2.